The van der Waals surface area contributed by atoms with E-state index in [1.165, 1.54) is 17.4 Å². The first-order chi connectivity index (χ1) is 12.6. The van der Waals surface area contributed by atoms with E-state index in [0.717, 1.165) is 12.8 Å². The molecule has 1 aliphatic carbocycles. The highest BCUT2D eigenvalue weighted by Crippen LogP contribution is 2.45. The summed E-state index contributed by atoms with van der Waals surface area (Å²) in [7, 11) is 0. The van der Waals surface area contributed by atoms with Crippen molar-refractivity contribution in [3.63, 3.8) is 0 Å². The van der Waals surface area contributed by atoms with Crippen LogP contribution in [0.15, 0.2) is 47.1 Å². The average molecular weight is 353 g/mol. The third-order valence-corrected chi connectivity index (χ3v) is 5.29. The molecule has 1 N–H and O–H groups in total. The molecule has 1 saturated heterocycles. The molecule has 6 nitrogen and oxygen atoms in total. The summed E-state index contributed by atoms with van der Waals surface area (Å²) in [6.45, 7) is 4.16. The zero-order valence-electron chi connectivity index (χ0n) is 14.9. The van der Waals surface area contributed by atoms with Gasteiger partial charge in [0.25, 0.3) is 5.91 Å². The Kier molecular flexibility index (Phi) is 4.18. The maximum Gasteiger partial charge on any atom is 0.318 e. The lowest BCUT2D eigenvalue weighted by Crippen LogP contribution is -2.54. The van der Waals surface area contributed by atoms with Gasteiger partial charge >= 0.3 is 6.03 Å². The summed E-state index contributed by atoms with van der Waals surface area (Å²) in [5.41, 5.74) is 2.17. The van der Waals surface area contributed by atoms with Gasteiger partial charge in [0, 0.05) is 26.2 Å². The van der Waals surface area contributed by atoms with Crippen LogP contribution in [0.3, 0.4) is 0 Å². The Balaban J connectivity index is 1.34. The molecule has 2 fully saturated rings. The highest BCUT2D eigenvalue weighted by molar-refractivity contribution is 5.91. The predicted molar refractivity (Wildman–Crippen MR) is 96.8 cm³/mol. The molecule has 0 radical (unpaired) electrons. The third-order valence-electron chi connectivity index (χ3n) is 5.29. The lowest BCUT2D eigenvalue weighted by atomic mass is 10.0. The summed E-state index contributed by atoms with van der Waals surface area (Å²) in [4.78, 5) is 28.5. The highest BCUT2D eigenvalue weighted by atomic mass is 16.3. The fourth-order valence-corrected chi connectivity index (χ4v) is 3.44. The number of nitrogens with one attached hydrogen (secondary N) is 1. The molecular weight excluding hydrogens is 330 g/mol. The number of piperazine rings is 1. The first-order valence-electron chi connectivity index (χ1n) is 9.04. The molecule has 136 valence electrons. The van der Waals surface area contributed by atoms with Crippen molar-refractivity contribution in [2.45, 2.75) is 25.3 Å². The number of hydrogen-bond acceptors (Lipinski definition) is 3. The van der Waals surface area contributed by atoms with Gasteiger partial charge in [0.1, 0.15) is 0 Å². The molecule has 1 aromatic heterocycles. The summed E-state index contributed by atoms with van der Waals surface area (Å²) >= 11 is 0. The molecule has 26 heavy (non-hydrogen) atoms. The van der Waals surface area contributed by atoms with E-state index in [1.807, 2.05) is 0 Å². The van der Waals surface area contributed by atoms with Crippen LogP contribution in [0.5, 0.6) is 0 Å². The first kappa shape index (κ1) is 16.7. The largest absolute Gasteiger partial charge is 0.459 e. The lowest BCUT2D eigenvalue weighted by Gasteiger charge is -2.35. The smallest absolute Gasteiger partial charge is 0.318 e. The van der Waals surface area contributed by atoms with Gasteiger partial charge in [-0.2, -0.15) is 0 Å². The van der Waals surface area contributed by atoms with Crippen molar-refractivity contribution in [3.8, 4) is 0 Å². The SMILES string of the molecule is Cc1ccc(C2(NC(=O)N3CCN(C(=O)c4ccco4)CC3)CC2)cc1. The number of rotatable bonds is 3. The molecule has 2 heterocycles. The number of carbonyl (C=O) groups excluding carboxylic acids is 2. The van der Waals surface area contributed by atoms with Crippen LogP contribution in [0.4, 0.5) is 4.79 Å². The van der Waals surface area contributed by atoms with Crippen molar-refractivity contribution in [3.05, 3.63) is 59.5 Å². The summed E-state index contributed by atoms with van der Waals surface area (Å²) < 4.78 is 5.17. The zero-order chi connectivity index (χ0) is 18.1. The lowest BCUT2D eigenvalue weighted by molar-refractivity contribution is 0.0632. The van der Waals surface area contributed by atoms with Crippen LogP contribution in [0.2, 0.25) is 0 Å². The van der Waals surface area contributed by atoms with E-state index in [-0.39, 0.29) is 17.5 Å². The van der Waals surface area contributed by atoms with Crippen molar-refractivity contribution < 1.29 is 14.0 Å². The molecule has 0 bridgehead atoms. The number of amides is 3. The molecule has 1 aromatic carbocycles. The summed E-state index contributed by atoms with van der Waals surface area (Å²) in [6, 6.07) is 11.7. The fraction of sp³-hybridized carbons (Fsp3) is 0.400. The number of aryl methyl sites for hydroxylation is 1. The van der Waals surface area contributed by atoms with Crippen LogP contribution in [-0.2, 0) is 5.54 Å². The monoisotopic (exact) mass is 353 g/mol. The van der Waals surface area contributed by atoms with Gasteiger partial charge in [-0.3, -0.25) is 4.79 Å². The molecule has 4 rings (SSSR count). The molecular formula is C20H23N3O3. The second kappa shape index (κ2) is 6.52. The number of urea groups is 1. The van der Waals surface area contributed by atoms with Gasteiger partial charge in [0.05, 0.1) is 11.8 Å². The summed E-state index contributed by atoms with van der Waals surface area (Å²) in [5, 5.41) is 3.21. The van der Waals surface area contributed by atoms with Gasteiger partial charge in [-0.1, -0.05) is 29.8 Å². The Hall–Kier alpha value is -2.76. The molecule has 3 amide bonds. The predicted octanol–water partition coefficient (Wildman–Crippen LogP) is 2.74. The molecule has 0 unspecified atom stereocenters. The topological polar surface area (TPSA) is 65.8 Å². The second-order valence-electron chi connectivity index (χ2n) is 7.13. The van der Waals surface area contributed by atoms with Crippen molar-refractivity contribution in [2.24, 2.45) is 0 Å². The van der Waals surface area contributed by atoms with Crippen molar-refractivity contribution in [1.82, 2.24) is 15.1 Å². The molecule has 0 atom stereocenters. The molecule has 1 aliphatic heterocycles. The standard InChI is InChI=1S/C20H23N3O3/c1-15-4-6-16(7-5-15)20(8-9-20)21-19(25)23-12-10-22(11-13-23)18(24)17-3-2-14-26-17/h2-7,14H,8-13H2,1H3,(H,21,25). The van der Waals surface area contributed by atoms with Gasteiger partial charge in [-0.05, 0) is 37.5 Å². The van der Waals surface area contributed by atoms with Crippen molar-refractivity contribution in [2.75, 3.05) is 26.2 Å². The second-order valence-corrected chi connectivity index (χ2v) is 7.13. The maximum atomic E-state index is 12.7. The van der Waals surface area contributed by atoms with Gasteiger partial charge in [0.2, 0.25) is 0 Å². The van der Waals surface area contributed by atoms with Gasteiger partial charge < -0.3 is 19.5 Å². The molecule has 1 saturated carbocycles. The number of furan rings is 1. The van der Waals surface area contributed by atoms with E-state index in [1.54, 1.807) is 21.9 Å². The van der Waals surface area contributed by atoms with Gasteiger partial charge in [0.15, 0.2) is 5.76 Å². The zero-order valence-corrected chi connectivity index (χ0v) is 14.9. The minimum atomic E-state index is -0.216. The van der Waals surface area contributed by atoms with Crippen LogP contribution in [0.1, 0.15) is 34.5 Å². The quantitative estimate of drug-likeness (QED) is 0.923. The molecule has 6 heteroatoms. The highest BCUT2D eigenvalue weighted by Gasteiger charge is 2.46. The normalized spacial score (nSPS) is 18.5. The Labute approximate surface area is 152 Å². The number of hydrogen-bond donors (Lipinski definition) is 1. The minimum Gasteiger partial charge on any atom is -0.459 e. The van der Waals surface area contributed by atoms with E-state index >= 15 is 0 Å². The number of carbonyl (C=O) groups is 2. The molecule has 0 spiro atoms. The van der Waals surface area contributed by atoms with E-state index < -0.39 is 0 Å². The van der Waals surface area contributed by atoms with Crippen LogP contribution in [0.25, 0.3) is 0 Å². The van der Waals surface area contributed by atoms with Crippen molar-refractivity contribution in [1.29, 1.82) is 0 Å². The third kappa shape index (κ3) is 3.19. The van der Waals surface area contributed by atoms with Gasteiger partial charge in [-0.15, -0.1) is 0 Å². The van der Waals surface area contributed by atoms with E-state index in [0.29, 0.717) is 31.9 Å². The van der Waals surface area contributed by atoms with Crippen LogP contribution in [-0.4, -0.2) is 47.9 Å². The summed E-state index contributed by atoms with van der Waals surface area (Å²) in [5.74, 6) is 0.229. The van der Waals surface area contributed by atoms with Crippen LogP contribution >= 0.6 is 0 Å². The maximum absolute atomic E-state index is 12.7. The molecule has 2 aliphatic rings. The average Bonchev–Trinajstić information content (AvgIpc) is 3.23. The van der Waals surface area contributed by atoms with E-state index in [4.69, 9.17) is 4.42 Å². The first-order valence-corrected chi connectivity index (χ1v) is 9.04. The van der Waals surface area contributed by atoms with Crippen molar-refractivity contribution >= 4 is 11.9 Å². The van der Waals surface area contributed by atoms with Crippen LogP contribution < -0.4 is 5.32 Å². The molecule has 2 aromatic rings. The van der Waals surface area contributed by atoms with Crippen LogP contribution in [0, 0.1) is 6.92 Å². The Morgan fingerprint density at radius 1 is 1.00 bits per heavy atom. The summed E-state index contributed by atoms with van der Waals surface area (Å²) in [6.07, 6.45) is 3.44. The van der Waals surface area contributed by atoms with Gasteiger partial charge in [-0.25, -0.2) is 4.79 Å². The number of nitrogens with zero attached hydrogens (tertiary/aromatic N) is 2. The number of benzene rings is 1. The minimum absolute atomic E-state index is 0.0480. The van der Waals surface area contributed by atoms with E-state index in [9.17, 15) is 9.59 Å². The Morgan fingerprint density at radius 3 is 2.23 bits per heavy atom. The van der Waals surface area contributed by atoms with E-state index in [2.05, 4.69) is 36.5 Å². The fourth-order valence-electron chi connectivity index (χ4n) is 3.44. The Bertz CT molecular complexity index is 786. The Morgan fingerprint density at radius 2 is 1.65 bits per heavy atom.